The van der Waals surface area contributed by atoms with E-state index >= 15 is 0 Å². The second kappa shape index (κ2) is 6.59. The van der Waals surface area contributed by atoms with Gasteiger partial charge in [0.05, 0.1) is 6.04 Å². The predicted molar refractivity (Wildman–Crippen MR) is 79.1 cm³/mol. The maximum Gasteiger partial charge on any atom is 0.433 e. The number of halogens is 3. The first kappa shape index (κ1) is 17.3. The molecule has 1 aliphatic heterocycles. The number of carbonyl (C=O) groups excluding carboxylic acids is 1. The minimum atomic E-state index is -4.50. The van der Waals surface area contributed by atoms with E-state index in [-0.39, 0.29) is 18.0 Å². The number of likely N-dealkylation sites (N-methyl/N-ethyl adjacent to an activating group) is 1. The lowest BCUT2D eigenvalue weighted by Crippen LogP contribution is -2.51. The number of rotatable bonds is 2. The monoisotopic (exact) mass is 331 g/mol. The van der Waals surface area contributed by atoms with Crippen LogP contribution in [-0.4, -0.2) is 66.1 Å². The Hall–Kier alpha value is -2.06. The van der Waals surface area contributed by atoms with Crippen molar-refractivity contribution in [3.63, 3.8) is 0 Å². The van der Waals surface area contributed by atoms with Gasteiger partial charge in [-0.25, -0.2) is 14.8 Å². The van der Waals surface area contributed by atoms with E-state index in [1.165, 1.54) is 4.90 Å². The number of anilines is 1. The number of piperidine rings is 1. The zero-order chi connectivity index (χ0) is 17.2. The van der Waals surface area contributed by atoms with Crippen LogP contribution in [-0.2, 0) is 6.18 Å². The lowest BCUT2D eigenvalue weighted by atomic mass is 10.1. The van der Waals surface area contributed by atoms with Crippen LogP contribution in [0.15, 0.2) is 12.3 Å². The number of amides is 2. The number of hydrogen-bond acceptors (Lipinski definition) is 4. The van der Waals surface area contributed by atoms with Crippen LogP contribution >= 0.6 is 0 Å². The molecule has 128 valence electrons. The second-order valence-corrected chi connectivity index (χ2v) is 5.77. The van der Waals surface area contributed by atoms with Gasteiger partial charge in [-0.2, -0.15) is 13.2 Å². The molecular weight excluding hydrogens is 311 g/mol. The lowest BCUT2D eigenvalue weighted by Gasteiger charge is -2.38. The van der Waals surface area contributed by atoms with Crippen molar-refractivity contribution in [2.24, 2.45) is 0 Å². The maximum atomic E-state index is 12.8. The molecule has 0 spiro atoms. The Morgan fingerprint density at radius 3 is 2.65 bits per heavy atom. The van der Waals surface area contributed by atoms with E-state index in [9.17, 15) is 18.0 Å². The van der Waals surface area contributed by atoms with Crippen molar-refractivity contribution in [1.82, 2.24) is 19.8 Å². The first-order chi connectivity index (χ1) is 10.7. The Labute approximate surface area is 132 Å². The molecule has 1 aliphatic rings. The molecule has 1 atom stereocenters. The Morgan fingerprint density at radius 1 is 1.35 bits per heavy atom. The molecule has 9 heteroatoms. The van der Waals surface area contributed by atoms with Crippen molar-refractivity contribution in [2.75, 3.05) is 39.1 Å². The highest BCUT2D eigenvalue weighted by Gasteiger charge is 2.34. The van der Waals surface area contributed by atoms with Gasteiger partial charge in [0.1, 0.15) is 5.69 Å². The number of hydrogen-bond donors (Lipinski definition) is 0. The molecule has 0 aliphatic carbocycles. The summed E-state index contributed by atoms with van der Waals surface area (Å²) < 4.78 is 38.3. The summed E-state index contributed by atoms with van der Waals surface area (Å²) in [4.78, 5) is 24.4. The van der Waals surface area contributed by atoms with Crippen LogP contribution in [0.3, 0.4) is 0 Å². The average Bonchev–Trinajstić information content (AvgIpc) is 2.53. The number of carbonyl (C=O) groups is 1. The summed E-state index contributed by atoms with van der Waals surface area (Å²) in [6.45, 7) is 0.985. The van der Waals surface area contributed by atoms with Crippen LogP contribution in [0.5, 0.6) is 0 Å². The van der Waals surface area contributed by atoms with Crippen molar-refractivity contribution in [2.45, 2.75) is 25.1 Å². The Morgan fingerprint density at radius 2 is 2.04 bits per heavy atom. The summed E-state index contributed by atoms with van der Waals surface area (Å²) >= 11 is 0. The Kier molecular flexibility index (Phi) is 4.96. The molecule has 0 N–H and O–H groups in total. The zero-order valence-corrected chi connectivity index (χ0v) is 13.3. The molecule has 2 amide bonds. The highest BCUT2D eigenvalue weighted by Crippen LogP contribution is 2.29. The predicted octanol–water partition coefficient (Wildman–Crippen LogP) is 2.08. The van der Waals surface area contributed by atoms with Crippen molar-refractivity contribution < 1.29 is 18.0 Å². The molecule has 0 aromatic carbocycles. The van der Waals surface area contributed by atoms with Crippen molar-refractivity contribution in [3.05, 3.63) is 18.0 Å². The average molecular weight is 331 g/mol. The number of urea groups is 1. The van der Waals surface area contributed by atoms with Crippen molar-refractivity contribution >= 4 is 12.0 Å². The molecule has 1 saturated heterocycles. The van der Waals surface area contributed by atoms with Gasteiger partial charge >= 0.3 is 12.2 Å². The molecule has 2 heterocycles. The van der Waals surface area contributed by atoms with E-state index in [0.29, 0.717) is 13.1 Å². The van der Waals surface area contributed by atoms with Gasteiger partial charge in [-0.3, -0.25) is 0 Å². The third-order valence-electron chi connectivity index (χ3n) is 3.84. The molecule has 23 heavy (non-hydrogen) atoms. The largest absolute Gasteiger partial charge is 0.433 e. The van der Waals surface area contributed by atoms with Crippen LogP contribution in [0.1, 0.15) is 18.5 Å². The molecule has 0 bridgehead atoms. The molecule has 1 aromatic rings. The SMILES string of the molecule is CN(C)C(=O)N(C)C1CCCN(c2nccc(C(F)(F)F)n2)C1. The molecule has 2 rings (SSSR count). The van der Waals surface area contributed by atoms with E-state index in [2.05, 4.69) is 9.97 Å². The molecule has 1 aromatic heterocycles. The fourth-order valence-corrected chi connectivity index (χ4v) is 2.58. The summed E-state index contributed by atoms with van der Waals surface area (Å²) in [5.74, 6) is 0.0511. The minimum absolute atomic E-state index is 0.0511. The van der Waals surface area contributed by atoms with Gasteiger partial charge in [-0.15, -0.1) is 0 Å². The van der Waals surface area contributed by atoms with E-state index in [0.717, 1.165) is 25.1 Å². The zero-order valence-electron chi connectivity index (χ0n) is 13.3. The molecule has 0 radical (unpaired) electrons. The highest BCUT2D eigenvalue weighted by atomic mass is 19.4. The number of aromatic nitrogens is 2. The summed E-state index contributed by atoms with van der Waals surface area (Å²) in [5.41, 5.74) is -0.956. The third kappa shape index (κ3) is 4.02. The van der Waals surface area contributed by atoms with Gasteiger partial charge in [0.15, 0.2) is 0 Å². The fourth-order valence-electron chi connectivity index (χ4n) is 2.58. The van der Waals surface area contributed by atoms with Crippen LogP contribution in [0.4, 0.5) is 23.9 Å². The second-order valence-electron chi connectivity index (χ2n) is 5.77. The first-order valence-electron chi connectivity index (χ1n) is 7.29. The summed E-state index contributed by atoms with van der Waals surface area (Å²) in [6, 6.07) is 0.630. The van der Waals surface area contributed by atoms with Crippen molar-refractivity contribution in [3.8, 4) is 0 Å². The van der Waals surface area contributed by atoms with Crippen LogP contribution in [0, 0.1) is 0 Å². The van der Waals surface area contributed by atoms with Crippen molar-refractivity contribution in [1.29, 1.82) is 0 Å². The molecule has 1 unspecified atom stereocenters. The van der Waals surface area contributed by atoms with Gasteiger partial charge in [0, 0.05) is 40.4 Å². The summed E-state index contributed by atoms with van der Waals surface area (Å²) in [5, 5.41) is 0. The lowest BCUT2D eigenvalue weighted by molar-refractivity contribution is -0.141. The number of alkyl halides is 3. The normalized spacial score (nSPS) is 18.7. The molecule has 1 fully saturated rings. The molecule has 6 nitrogen and oxygen atoms in total. The minimum Gasteiger partial charge on any atom is -0.339 e. The smallest absolute Gasteiger partial charge is 0.339 e. The van der Waals surface area contributed by atoms with E-state index in [1.54, 1.807) is 30.9 Å². The van der Waals surface area contributed by atoms with E-state index in [1.807, 2.05) is 0 Å². The van der Waals surface area contributed by atoms with Gasteiger partial charge < -0.3 is 14.7 Å². The number of nitrogens with zero attached hydrogens (tertiary/aromatic N) is 5. The van der Waals surface area contributed by atoms with Gasteiger partial charge in [-0.05, 0) is 18.9 Å². The third-order valence-corrected chi connectivity index (χ3v) is 3.84. The summed E-state index contributed by atoms with van der Waals surface area (Å²) in [7, 11) is 5.02. The van der Waals surface area contributed by atoms with Gasteiger partial charge in [0.25, 0.3) is 0 Å². The van der Waals surface area contributed by atoms with Crippen LogP contribution in [0.25, 0.3) is 0 Å². The Bertz CT molecular complexity index is 564. The first-order valence-corrected chi connectivity index (χ1v) is 7.29. The van der Waals surface area contributed by atoms with Crippen LogP contribution < -0.4 is 4.90 Å². The van der Waals surface area contributed by atoms with E-state index < -0.39 is 11.9 Å². The Balaban J connectivity index is 2.14. The van der Waals surface area contributed by atoms with Gasteiger partial charge in [-0.1, -0.05) is 0 Å². The fraction of sp³-hybridized carbons (Fsp3) is 0.643. The van der Waals surface area contributed by atoms with Gasteiger partial charge in [0.2, 0.25) is 5.95 Å². The maximum absolute atomic E-state index is 12.8. The highest BCUT2D eigenvalue weighted by molar-refractivity contribution is 5.74. The molecular formula is C14H20F3N5O. The standard InChI is InChI=1S/C14H20F3N5O/c1-20(2)13(23)21(3)10-5-4-8-22(9-10)12-18-7-6-11(19-12)14(15,16)17/h6-7,10H,4-5,8-9H2,1-3H3. The van der Waals surface area contributed by atoms with Crippen LogP contribution in [0.2, 0.25) is 0 Å². The summed E-state index contributed by atoms with van der Waals surface area (Å²) in [6.07, 6.45) is -1.82. The molecule has 0 saturated carbocycles. The quantitative estimate of drug-likeness (QED) is 0.833. The topological polar surface area (TPSA) is 52.6 Å². The van der Waals surface area contributed by atoms with E-state index in [4.69, 9.17) is 0 Å².